The smallest absolute Gasteiger partial charge is 0.319 e. The van der Waals surface area contributed by atoms with Crippen molar-refractivity contribution in [1.82, 2.24) is 10.2 Å². The van der Waals surface area contributed by atoms with Gasteiger partial charge in [-0.2, -0.15) is 0 Å². The van der Waals surface area contributed by atoms with E-state index in [0.717, 1.165) is 32.7 Å². The molecule has 0 bridgehead atoms. The highest BCUT2D eigenvalue weighted by molar-refractivity contribution is 5.89. The molecule has 7 heteroatoms. The van der Waals surface area contributed by atoms with Crippen LogP contribution in [-0.4, -0.2) is 63.0 Å². The van der Waals surface area contributed by atoms with Crippen molar-refractivity contribution in [2.24, 2.45) is 5.92 Å². The van der Waals surface area contributed by atoms with Crippen LogP contribution in [0.25, 0.3) is 0 Å². The Bertz CT molecular complexity index is 546. The first-order valence-corrected chi connectivity index (χ1v) is 8.43. The van der Waals surface area contributed by atoms with E-state index in [1.165, 1.54) is 6.07 Å². The summed E-state index contributed by atoms with van der Waals surface area (Å²) in [4.78, 5) is 14.5. The summed E-state index contributed by atoms with van der Waals surface area (Å²) in [5.74, 6) is -0.0431. The highest BCUT2D eigenvalue weighted by Gasteiger charge is 2.31. The second-order valence-corrected chi connectivity index (χ2v) is 6.15. The van der Waals surface area contributed by atoms with E-state index < -0.39 is 11.8 Å². The van der Waals surface area contributed by atoms with E-state index in [0.29, 0.717) is 25.7 Å². The number of benzene rings is 1. The Kier molecular flexibility index (Phi) is 6.01. The number of hydrogen-bond acceptors (Lipinski definition) is 4. The molecule has 0 aromatic heterocycles. The average Bonchev–Trinajstić information content (AvgIpc) is 3.12. The molecule has 2 aliphatic heterocycles. The maximum Gasteiger partial charge on any atom is 0.319 e. The topological polar surface area (TPSA) is 62.8 Å². The summed E-state index contributed by atoms with van der Waals surface area (Å²) in [7, 11) is 0. The summed E-state index contributed by atoms with van der Waals surface area (Å²) < 4.78 is 24.5. The van der Waals surface area contributed by atoms with Gasteiger partial charge in [0, 0.05) is 38.2 Å². The summed E-state index contributed by atoms with van der Waals surface area (Å²) in [6.07, 6.45) is 0.999. The van der Waals surface area contributed by atoms with Gasteiger partial charge >= 0.3 is 6.03 Å². The zero-order valence-corrected chi connectivity index (χ0v) is 13.7. The number of nitrogens with zero attached hydrogens (tertiary/aromatic N) is 1. The van der Waals surface area contributed by atoms with Gasteiger partial charge in [-0.25, -0.2) is 9.18 Å². The van der Waals surface area contributed by atoms with Crippen molar-refractivity contribution in [2.45, 2.75) is 12.5 Å². The molecule has 0 spiro atoms. The molecule has 3 rings (SSSR count). The number of urea groups is 1. The van der Waals surface area contributed by atoms with Crippen molar-refractivity contribution < 1.29 is 18.7 Å². The first kappa shape index (κ1) is 17.1. The lowest BCUT2D eigenvalue weighted by molar-refractivity contribution is 0.00222. The molecule has 1 aromatic carbocycles. The monoisotopic (exact) mass is 337 g/mol. The van der Waals surface area contributed by atoms with Crippen molar-refractivity contribution in [2.75, 3.05) is 51.4 Å². The first-order chi connectivity index (χ1) is 11.7. The molecular weight excluding hydrogens is 313 g/mol. The van der Waals surface area contributed by atoms with Crippen LogP contribution in [0.1, 0.15) is 6.42 Å². The zero-order chi connectivity index (χ0) is 16.8. The molecular formula is C17H24FN3O3. The second kappa shape index (κ2) is 8.41. The molecule has 24 heavy (non-hydrogen) atoms. The lowest BCUT2D eigenvalue weighted by atomic mass is 9.97. The maximum absolute atomic E-state index is 13.6. The fraction of sp³-hybridized carbons (Fsp3) is 0.588. The summed E-state index contributed by atoms with van der Waals surface area (Å²) in [6, 6.07) is 5.96. The number of amides is 2. The summed E-state index contributed by atoms with van der Waals surface area (Å²) >= 11 is 0. The van der Waals surface area contributed by atoms with Crippen LogP contribution in [0.5, 0.6) is 0 Å². The average molecular weight is 337 g/mol. The van der Waals surface area contributed by atoms with Crippen LogP contribution < -0.4 is 10.6 Å². The Morgan fingerprint density at radius 1 is 1.25 bits per heavy atom. The van der Waals surface area contributed by atoms with E-state index in [2.05, 4.69) is 15.5 Å². The Morgan fingerprint density at radius 2 is 2.04 bits per heavy atom. The molecule has 2 heterocycles. The van der Waals surface area contributed by atoms with E-state index in [-0.39, 0.29) is 11.7 Å². The van der Waals surface area contributed by atoms with E-state index >= 15 is 0 Å². The van der Waals surface area contributed by atoms with Gasteiger partial charge in [0.25, 0.3) is 0 Å². The molecule has 2 amide bonds. The minimum absolute atomic E-state index is 0.183. The predicted octanol–water partition coefficient (Wildman–Crippen LogP) is 1.68. The molecule has 132 valence electrons. The highest BCUT2D eigenvalue weighted by atomic mass is 19.1. The van der Waals surface area contributed by atoms with E-state index in [4.69, 9.17) is 9.47 Å². The zero-order valence-electron chi connectivity index (χ0n) is 13.7. The molecule has 2 atom stereocenters. The van der Waals surface area contributed by atoms with Crippen molar-refractivity contribution in [3.05, 3.63) is 30.1 Å². The number of hydrogen-bond donors (Lipinski definition) is 2. The summed E-state index contributed by atoms with van der Waals surface area (Å²) in [5, 5.41) is 5.44. The quantitative estimate of drug-likeness (QED) is 0.858. The van der Waals surface area contributed by atoms with Crippen LogP contribution >= 0.6 is 0 Å². The molecule has 2 fully saturated rings. The molecule has 2 saturated heterocycles. The molecule has 0 aliphatic carbocycles. The molecule has 2 N–H and O–H groups in total. The van der Waals surface area contributed by atoms with Gasteiger partial charge in [0.05, 0.1) is 25.5 Å². The summed E-state index contributed by atoms with van der Waals surface area (Å²) in [5.41, 5.74) is 0.183. The van der Waals surface area contributed by atoms with Crippen LogP contribution in [0.3, 0.4) is 0 Å². The number of anilines is 1. The third kappa shape index (κ3) is 4.43. The fourth-order valence-electron chi connectivity index (χ4n) is 3.29. The standard InChI is InChI=1S/C17H24FN3O3/c18-14-3-1-2-4-15(14)20-17(22)19-11-16(13-5-8-24-12-13)21-6-9-23-10-7-21/h1-4,13,16H,5-12H2,(H2,19,20,22)/t13-,16+/m0/s1. The predicted molar refractivity (Wildman–Crippen MR) is 88.5 cm³/mol. The van der Waals surface area contributed by atoms with Gasteiger partial charge in [-0.3, -0.25) is 4.90 Å². The van der Waals surface area contributed by atoms with Crippen molar-refractivity contribution in [3.8, 4) is 0 Å². The Hall–Kier alpha value is -1.70. The van der Waals surface area contributed by atoms with Crippen molar-refractivity contribution in [1.29, 1.82) is 0 Å². The lowest BCUT2D eigenvalue weighted by Gasteiger charge is -2.37. The largest absolute Gasteiger partial charge is 0.381 e. The molecule has 6 nitrogen and oxygen atoms in total. The first-order valence-electron chi connectivity index (χ1n) is 8.43. The van der Waals surface area contributed by atoms with Crippen LogP contribution in [0.2, 0.25) is 0 Å². The number of carbonyl (C=O) groups excluding carboxylic acids is 1. The number of nitrogens with one attached hydrogen (secondary N) is 2. The van der Waals surface area contributed by atoms with Crippen LogP contribution in [0.15, 0.2) is 24.3 Å². The van der Waals surface area contributed by atoms with Gasteiger partial charge in [-0.15, -0.1) is 0 Å². The van der Waals surface area contributed by atoms with Crippen LogP contribution in [-0.2, 0) is 9.47 Å². The SMILES string of the molecule is O=C(NC[C@H]([C@H]1CCOC1)N1CCOCC1)Nc1ccccc1F. The van der Waals surface area contributed by atoms with E-state index in [9.17, 15) is 9.18 Å². The molecule has 0 unspecified atom stereocenters. The van der Waals surface area contributed by atoms with Gasteiger partial charge in [-0.1, -0.05) is 12.1 Å². The van der Waals surface area contributed by atoms with Crippen molar-refractivity contribution in [3.63, 3.8) is 0 Å². The number of halogens is 1. The normalized spacial score (nSPS) is 23.0. The minimum Gasteiger partial charge on any atom is -0.381 e. The third-order valence-electron chi connectivity index (χ3n) is 4.62. The second-order valence-electron chi connectivity index (χ2n) is 6.15. The summed E-state index contributed by atoms with van der Waals surface area (Å²) in [6.45, 7) is 5.15. The number of morpholine rings is 1. The third-order valence-corrected chi connectivity index (χ3v) is 4.62. The maximum atomic E-state index is 13.6. The van der Waals surface area contributed by atoms with Gasteiger partial charge in [0.1, 0.15) is 5.82 Å². The number of para-hydroxylation sites is 1. The molecule has 1 aromatic rings. The van der Waals surface area contributed by atoms with Crippen LogP contribution in [0.4, 0.5) is 14.9 Å². The van der Waals surface area contributed by atoms with Crippen LogP contribution in [0, 0.1) is 11.7 Å². The van der Waals surface area contributed by atoms with Gasteiger partial charge in [0.15, 0.2) is 0 Å². The molecule has 0 radical (unpaired) electrons. The Balaban J connectivity index is 1.56. The van der Waals surface area contributed by atoms with Gasteiger partial charge < -0.3 is 20.1 Å². The van der Waals surface area contributed by atoms with E-state index in [1.54, 1.807) is 18.2 Å². The van der Waals surface area contributed by atoms with Gasteiger partial charge in [-0.05, 0) is 18.6 Å². The number of ether oxygens (including phenoxy) is 2. The molecule has 2 aliphatic rings. The Morgan fingerprint density at radius 3 is 2.75 bits per heavy atom. The van der Waals surface area contributed by atoms with Crippen molar-refractivity contribution >= 4 is 11.7 Å². The van der Waals surface area contributed by atoms with Gasteiger partial charge in [0.2, 0.25) is 0 Å². The number of rotatable bonds is 5. The molecule has 0 saturated carbocycles. The lowest BCUT2D eigenvalue weighted by Crippen LogP contribution is -2.52. The highest BCUT2D eigenvalue weighted by Crippen LogP contribution is 2.22. The number of carbonyl (C=O) groups is 1. The minimum atomic E-state index is -0.443. The Labute approximate surface area is 141 Å². The fourth-order valence-corrected chi connectivity index (χ4v) is 3.29. The van der Waals surface area contributed by atoms with E-state index in [1.807, 2.05) is 0 Å².